The lowest BCUT2D eigenvalue weighted by Gasteiger charge is -2.31. The molecule has 0 bridgehead atoms. The number of hydrogen-bond acceptors (Lipinski definition) is 2. The number of para-hydroxylation sites is 1. The van der Waals surface area contributed by atoms with Gasteiger partial charge in [0.15, 0.2) is 0 Å². The van der Waals surface area contributed by atoms with E-state index in [1.807, 2.05) is 29.2 Å². The molecular weight excluding hydrogens is 272 g/mol. The molecule has 4 heteroatoms. The van der Waals surface area contributed by atoms with E-state index in [0.717, 1.165) is 30.4 Å². The van der Waals surface area contributed by atoms with Gasteiger partial charge in [-0.2, -0.15) is 0 Å². The summed E-state index contributed by atoms with van der Waals surface area (Å²) in [7, 11) is 0. The molecule has 1 aromatic heterocycles. The Hall–Kier alpha value is -1.61. The fraction of sp³-hybridized carbons (Fsp3) is 0.375. The summed E-state index contributed by atoms with van der Waals surface area (Å²) in [5.74, 6) is 0.633. The number of halogens is 1. The number of benzene rings is 1. The van der Waals surface area contributed by atoms with Gasteiger partial charge in [-0.3, -0.25) is 4.79 Å². The Labute approximate surface area is 123 Å². The number of aromatic nitrogens is 1. The lowest BCUT2D eigenvalue weighted by Crippen LogP contribution is -2.39. The van der Waals surface area contributed by atoms with Crippen LogP contribution in [-0.2, 0) is 0 Å². The highest BCUT2D eigenvalue weighted by molar-refractivity contribution is 6.30. The molecule has 3 nitrogen and oxygen atoms in total. The van der Waals surface area contributed by atoms with E-state index in [1.54, 1.807) is 6.07 Å². The molecule has 1 aliphatic heterocycles. The lowest BCUT2D eigenvalue weighted by atomic mass is 9.99. The summed E-state index contributed by atoms with van der Waals surface area (Å²) in [5.41, 5.74) is 1.43. The van der Waals surface area contributed by atoms with Crippen LogP contribution in [-0.4, -0.2) is 28.9 Å². The van der Waals surface area contributed by atoms with Gasteiger partial charge in [-0.05, 0) is 30.9 Å². The van der Waals surface area contributed by atoms with E-state index in [2.05, 4.69) is 11.9 Å². The summed E-state index contributed by atoms with van der Waals surface area (Å²) < 4.78 is 0. The summed E-state index contributed by atoms with van der Waals surface area (Å²) in [6.07, 6.45) is 2.27. The number of likely N-dealkylation sites (tertiary alicyclic amines) is 1. The fourth-order valence-electron chi connectivity index (χ4n) is 2.86. The third-order valence-electron chi connectivity index (χ3n) is 3.86. The van der Waals surface area contributed by atoms with Gasteiger partial charge in [-0.25, -0.2) is 4.98 Å². The first-order valence-corrected chi connectivity index (χ1v) is 7.37. The van der Waals surface area contributed by atoms with E-state index in [4.69, 9.17) is 11.6 Å². The van der Waals surface area contributed by atoms with E-state index in [9.17, 15) is 4.79 Å². The number of piperidine rings is 1. The van der Waals surface area contributed by atoms with Crippen molar-refractivity contribution in [1.29, 1.82) is 0 Å². The van der Waals surface area contributed by atoms with Gasteiger partial charge >= 0.3 is 0 Å². The standard InChI is InChI=1S/C16H17ClN2O/c1-11-5-4-8-19(10-11)16(20)13-9-15(17)18-14-7-3-2-6-12(13)14/h2-3,6-7,9,11H,4-5,8,10H2,1H3. The number of pyridine rings is 1. The lowest BCUT2D eigenvalue weighted by molar-refractivity contribution is 0.0685. The fourth-order valence-corrected chi connectivity index (χ4v) is 3.06. The maximum absolute atomic E-state index is 12.8. The number of carbonyl (C=O) groups is 1. The smallest absolute Gasteiger partial charge is 0.254 e. The summed E-state index contributed by atoms with van der Waals surface area (Å²) >= 11 is 6.05. The highest BCUT2D eigenvalue weighted by Gasteiger charge is 2.23. The van der Waals surface area contributed by atoms with Crippen molar-refractivity contribution < 1.29 is 4.79 Å². The van der Waals surface area contributed by atoms with Crippen molar-refractivity contribution in [2.75, 3.05) is 13.1 Å². The first kappa shape index (κ1) is 13.4. The zero-order valence-corrected chi connectivity index (χ0v) is 12.2. The second kappa shape index (κ2) is 5.41. The molecule has 104 valence electrons. The predicted molar refractivity (Wildman–Crippen MR) is 81.1 cm³/mol. The van der Waals surface area contributed by atoms with Crippen LogP contribution in [0.1, 0.15) is 30.1 Å². The molecule has 1 atom stereocenters. The second-order valence-corrected chi connectivity index (χ2v) is 5.90. The number of carbonyl (C=O) groups excluding carboxylic acids is 1. The maximum atomic E-state index is 12.8. The molecule has 0 radical (unpaired) electrons. The van der Waals surface area contributed by atoms with E-state index >= 15 is 0 Å². The third-order valence-corrected chi connectivity index (χ3v) is 4.05. The van der Waals surface area contributed by atoms with Gasteiger partial charge in [0.2, 0.25) is 0 Å². The summed E-state index contributed by atoms with van der Waals surface area (Å²) in [4.78, 5) is 19.0. The highest BCUT2D eigenvalue weighted by Crippen LogP contribution is 2.24. The van der Waals surface area contributed by atoms with Gasteiger partial charge in [-0.15, -0.1) is 0 Å². The van der Waals surface area contributed by atoms with Crippen LogP contribution in [0.2, 0.25) is 5.15 Å². The van der Waals surface area contributed by atoms with Crippen LogP contribution >= 0.6 is 11.6 Å². The molecule has 1 aromatic carbocycles. The molecule has 0 saturated carbocycles. The molecule has 2 aromatic rings. The van der Waals surface area contributed by atoms with Crippen LogP contribution in [0.5, 0.6) is 0 Å². The number of fused-ring (bicyclic) bond motifs is 1. The first-order valence-electron chi connectivity index (χ1n) is 6.99. The first-order chi connectivity index (χ1) is 9.65. The van der Waals surface area contributed by atoms with Crippen molar-refractivity contribution in [1.82, 2.24) is 9.88 Å². The van der Waals surface area contributed by atoms with Crippen molar-refractivity contribution in [3.8, 4) is 0 Å². The number of rotatable bonds is 1. The molecule has 1 aliphatic rings. The van der Waals surface area contributed by atoms with Crippen LogP contribution in [0.4, 0.5) is 0 Å². The normalized spacial score (nSPS) is 19.3. The average Bonchev–Trinajstić information content (AvgIpc) is 2.45. The molecule has 0 spiro atoms. The molecule has 0 N–H and O–H groups in total. The molecule has 1 fully saturated rings. The van der Waals surface area contributed by atoms with Crippen LogP contribution in [0.3, 0.4) is 0 Å². The van der Waals surface area contributed by atoms with Crippen molar-refractivity contribution in [2.24, 2.45) is 5.92 Å². The number of amides is 1. The minimum Gasteiger partial charge on any atom is -0.338 e. The van der Waals surface area contributed by atoms with Crippen molar-refractivity contribution >= 4 is 28.4 Å². The summed E-state index contributed by atoms with van der Waals surface area (Å²) in [6.45, 7) is 3.85. The molecule has 2 heterocycles. The average molecular weight is 289 g/mol. The molecule has 1 unspecified atom stereocenters. The summed E-state index contributed by atoms with van der Waals surface area (Å²) in [6, 6.07) is 9.33. The third kappa shape index (κ3) is 2.50. The Morgan fingerprint density at radius 3 is 3.00 bits per heavy atom. The van der Waals surface area contributed by atoms with Gasteiger partial charge in [0.1, 0.15) is 5.15 Å². The molecule has 0 aliphatic carbocycles. The molecule has 20 heavy (non-hydrogen) atoms. The van der Waals surface area contributed by atoms with Gasteiger partial charge in [0.25, 0.3) is 5.91 Å². The Morgan fingerprint density at radius 2 is 2.20 bits per heavy atom. The zero-order valence-electron chi connectivity index (χ0n) is 11.5. The largest absolute Gasteiger partial charge is 0.338 e. The Morgan fingerprint density at radius 1 is 1.40 bits per heavy atom. The van der Waals surface area contributed by atoms with E-state index < -0.39 is 0 Å². The SMILES string of the molecule is CC1CCCN(C(=O)c2cc(Cl)nc3ccccc23)C1. The Kier molecular flexibility index (Phi) is 3.62. The summed E-state index contributed by atoms with van der Waals surface area (Å²) in [5, 5.41) is 1.25. The number of nitrogens with zero attached hydrogens (tertiary/aromatic N) is 2. The highest BCUT2D eigenvalue weighted by atomic mass is 35.5. The second-order valence-electron chi connectivity index (χ2n) is 5.51. The maximum Gasteiger partial charge on any atom is 0.254 e. The van der Waals surface area contributed by atoms with E-state index in [0.29, 0.717) is 16.6 Å². The molecule has 3 rings (SSSR count). The van der Waals surface area contributed by atoms with Crippen LogP contribution in [0, 0.1) is 5.92 Å². The Bertz CT molecular complexity index is 656. The quantitative estimate of drug-likeness (QED) is 0.749. The van der Waals surface area contributed by atoms with Gasteiger partial charge in [0.05, 0.1) is 11.1 Å². The van der Waals surface area contributed by atoms with Crippen LogP contribution in [0.15, 0.2) is 30.3 Å². The van der Waals surface area contributed by atoms with Crippen LogP contribution in [0.25, 0.3) is 10.9 Å². The van der Waals surface area contributed by atoms with Crippen LogP contribution < -0.4 is 0 Å². The minimum atomic E-state index is 0.0667. The zero-order chi connectivity index (χ0) is 14.1. The van der Waals surface area contributed by atoms with Gasteiger partial charge < -0.3 is 4.90 Å². The molecular formula is C16H17ClN2O. The van der Waals surface area contributed by atoms with E-state index in [1.165, 1.54) is 6.42 Å². The minimum absolute atomic E-state index is 0.0667. The molecule has 1 saturated heterocycles. The van der Waals surface area contributed by atoms with Gasteiger partial charge in [0, 0.05) is 18.5 Å². The van der Waals surface area contributed by atoms with Crippen molar-refractivity contribution in [2.45, 2.75) is 19.8 Å². The number of hydrogen-bond donors (Lipinski definition) is 0. The Balaban J connectivity index is 2.02. The van der Waals surface area contributed by atoms with E-state index in [-0.39, 0.29) is 5.91 Å². The van der Waals surface area contributed by atoms with Crippen molar-refractivity contribution in [3.05, 3.63) is 41.0 Å². The molecule has 1 amide bonds. The monoisotopic (exact) mass is 288 g/mol. The van der Waals surface area contributed by atoms with Gasteiger partial charge in [-0.1, -0.05) is 36.7 Å². The predicted octanol–water partition coefficient (Wildman–Crippen LogP) is 3.76. The topological polar surface area (TPSA) is 33.2 Å². The van der Waals surface area contributed by atoms with Crippen molar-refractivity contribution in [3.63, 3.8) is 0 Å².